The fraction of sp³-hybridized carbons (Fsp3) is 0.452. The molecule has 1 aromatic heterocycles. The lowest BCUT2D eigenvalue weighted by molar-refractivity contribution is -0.141. The maximum absolute atomic E-state index is 12.7. The molecule has 2 fully saturated rings. The Hall–Kier alpha value is -5.00. The Morgan fingerprint density at radius 2 is 1.67 bits per heavy atom. The summed E-state index contributed by atoms with van der Waals surface area (Å²) in [7, 11) is 0. The summed E-state index contributed by atoms with van der Waals surface area (Å²) in [5, 5.41) is 23.1. The molecule has 4 aromatic rings. The maximum atomic E-state index is 12.7. The fourth-order valence-electron chi connectivity index (χ4n) is 6.25. The standard InChI is InChI=1S/C35H46N4O6.C5H4F3N3.C2H6/c1-25-23-26(13-15-36)3-12-32(25)45-30-10-8-29(9-11-30)43-21-2-16-37-35(42)27-4-6-28(7-5-27)39-19-17-38(18-20-39)24-33-34(41)31(40)14-22-44-33;6-5(7,8)3-1-10-2-4(9)11-3;1-2/h3-12,23,31,33-34,40-41H,2,13-22,24,36H2,1H3,(H,37,42);1-2H,(H2,9,11);1-2H3. The van der Waals surface area contributed by atoms with E-state index in [9.17, 15) is 28.2 Å². The summed E-state index contributed by atoms with van der Waals surface area (Å²) in [6, 6.07) is 21.4. The molecule has 2 saturated heterocycles. The molecule has 1 amide bonds. The predicted molar refractivity (Wildman–Crippen MR) is 217 cm³/mol. The Morgan fingerprint density at radius 1 is 0.983 bits per heavy atom. The number of carbonyl (C=O) groups is 1. The molecule has 316 valence electrons. The molecule has 2 aliphatic rings. The number of aromatic nitrogens is 2. The number of piperazine rings is 1. The number of nitrogens with zero attached hydrogens (tertiary/aromatic N) is 4. The van der Waals surface area contributed by atoms with Crippen LogP contribution < -0.4 is 31.2 Å². The molecule has 0 spiro atoms. The molecule has 3 aromatic carbocycles. The third-order valence-electron chi connectivity index (χ3n) is 9.37. The molecular formula is C42H56F3N7O6. The minimum absolute atomic E-state index is 0.104. The number of hydrogen-bond acceptors (Lipinski definition) is 12. The minimum Gasteiger partial charge on any atom is -0.494 e. The van der Waals surface area contributed by atoms with Crippen LogP contribution in [0.15, 0.2) is 79.1 Å². The third-order valence-corrected chi connectivity index (χ3v) is 9.37. The minimum atomic E-state index is -4.47. The number of aryl methyl sites for hydroxylation is 1. The zero-order valence-corrected chi connectivity index (χ0v) is 33.3. The largest absolute Gasteiger partial charge is 0.494 e. The summed E-state index contributed by atoms with van der Waals surface area (Å²) in [6.07, 6.45) is -2.67. The molecule has 3 atom stereocenters. The van der Waals surface area contributed by atoms with Crippen molar-refractivity contribution in [3.8, 4) is 17.2 Å². The van der Waals surface area contributed by atoms with Gasteiger partial charge in [-0.25, -0.2) is 4.98 Å². The predicted octanol–water partition coefficient (Wildman–Crippen LogP) is 5.22. The van der Waals surface area contributed by atoms with E-state index in [-0.39, 0.29) is 17.8 Å². The molecular weight excluding hydrogens is 755 g/mol. The number of alkyl halides is 3. The second-order valence-corrected chi connectivity index (χ2v) is 13.6. The Labute approximate surface area is 338 Å². The van der Waals surface area contributed by atoms with E-state index in [1.165, 1.54) is 5.56 Å². The zero-order chi connectivity index (χ0) is 42.1. The van der Waals surface area contributed by atoms with E-state index in [4.69, 9.17) is 25.7 Å². The van der Waals surface area contributed by atoms with Gasteiger partial charge in [-0.05, 0) is 98.5 Å². The van der Waals surface area contributed by atoms with E-state index in [1.54, 1.807) is 0 Å². The lowest BCUT2D eigenvalue weighted by Crippen LogP contribution is -2.54. The van der Waals surface area contributed by atoms with E-state index in [0.717, 1.165) is 67.3 Å². The number of rotatable bonds is 13. The normalized spacial score (nSPS) is 18.2. The number of nitrogens with one attached hydrogen (secondary N) is 1. The number of carbonyl (C=O) groups excluding carboxylic acids is 1. The van der Waals surface area contributed by atoms with Gasteiger partial charge < -0.3 is 46.1 Å². The average Bonchev–Trinajstić information content (AvgIpc) is 3.22. The Morgan fingerprint density at radius 3 is 2.29 bits per heavy atom. The molecule has 58 heavy (non-hydrogen) atoms. The molecule has 13 nitrogen and oxygen atoms in total. The van der Waals surface area contributed by atoms with Crippen LogP contribution in [0.1, 0.15) is 53.9 Å². The second kappa shape index (κ2) is 22.8. The van der Waals surface area contributed by atoms with Gasteiger partial charge in [0, 0.05) is 57.1 Å². The van der Waals surface area contributed by atoms with Gasteiger partial charge >= 0.3 is 6.18 Å². The lowest BCUT2D eigenvalue weighted by Gasteiger charge is -2.40. The number of nitrogens with two attached hydrogens (primary N) is 2. The number of benzene rings is 3. The monoisotopic (exact) mass is 811 g/mol. The molecule has 16 heteroatoms. The quantitative estimate of drug-likeness (QED) is 0.111. The Balaban J connectivity index is 0.000000491. The summed E-state index contributed by atoms with van der Waals surface area (Å²) in [5.41, 5.74) is 13.5. The Bertz CT molecular complexity index is 1830. The van der Waals surface area contributed by atoms with Crippen molar-refractivity contribution in [1.29, 1.82) is 0 Å². The van der Waals surface area contributed by atoms with E-state index in [0.29, 0.717) is 57.4 Å². The average molecular weight is 812 g/mol. The van der Waals surface area contributed by atoms with Gasteiger partial charge in [0.1, 0.15) is 29.2 Å². The maximum Gasteiger partial charge on any atom is 0.434 e. The van der Waals surface area contributed by atoms with Crippen molar-refractivity contribution in [2.24, 2.45) is 5.73 Å². The highest BCUT2D eigenvalue weighted by Gasteiger charge is 2.34. The van der Waals surface area contributed by atoms with Crippen LogP contribution in [0.4, 0.5) is 24.7 Å². The summed E-state index contributed by atoms with van der Waals surface area (Å²) in [5.74, 6) is 1.97. The first kappa shape index (κ1) is 45.7. The van der Waals surface area contributed by atoms with E-state index in [2.05, 4.69) is 31.2 Å². The first-order valence-corrected chi connectivity index (χ1v) is 19.6. The van der Waals surface area contributed by atoms with Crippen LogP contribution in [0.3, 0.4) is 0 Å². The van der Waals surface area contributed by atoms with Crippen LogP contribution in [-0.4, -0.2) is 108 Å². The van der Waals surface area contributed by atoms with Gasteiger partial charge in [0.15, 0.2) is 5.69 Å². The highest BCUT2D eigenvalue weighted by Crippen LogP contribution is 2.28. The summed E-state index contributed by atoms with van der Waals surface area (Å²) in [4.78, 5) is 23.5. The van der Waals surface area contributed by atoms with E-state index >= 15 is 0 Å². The number of amides is 1. The first-order chi connectivity index (χ1) is 27.9. The van der Waals surface area contributed by atoms with Crippen molar-refractivity contribution in [2.75, 3.05) is 69.7 Å². The van der Waals surface area contributed by atoms with Crippen molar-refractivity contribution in [1.82, 2.24) is 20.2 Å². The number of ether oxygens (including phenoxy) is 3. The smallest absolute Gasteiger partial charge is 0.434 e. The summed E-state index contributed by atoms with van der Waals surface area (Å²) in [6.45, 7) is 12.1. The molecule has 3 heterocycles. The topological polar surface area (TPSA) is 182 Å². The van der Waals surface area contributed by atoms with Gasteiger partial charge in [0.2, 0.25) is 0 Å². The highest BCUT2D eigenvalue weighted by atomic mass is 19.4. The number of nitrogen functional groups attached to an aromatic ring is 1. The van der Waals surface area contributed by atoms with Gasteiger partial charge in [0.25, 0.3) is 5.91 Å². The van der Waals surface area contributed by atoms with Gasteiger partial charge in [-0.3, -0.25) is 14.7 Å². The molecule has 6 rings (SSSR count). The Kier molecular flexibility index (Phi) is 18.0. The molecule has 0 saturated carbocycles. The van der Waals surface area contributed by atoms with Crippen LogP contribution in [0.5, 0.6) is 17.2 Å². The van der Waals surface area contributed by atoms with Crippen LogP contribution >= 0.6 is 0 Å². The van der Waals surface area contributed by atoms with Crippen LogP contribution in [0.2, 0.25) is 0 Å². The molecule has 0 radical (unpaired) electrons. The SMILES string of the molecule is CC.Cc1cc(CCN)ccc1Oc1ccc(OCCCNC(=O)c2ccc(N3CCN(CC4OCCC(O)C4O)CC3)cc2)cc1.Nc1cncc(C(F)(F)F)n1. The number of aliphatic hydroxyl groups is 2. The van der Waals surface area contributed by atoms with Gasteiger partial charge in [-0.15, -0.1) is 0 Å². The van der Waals surface area contributed by atoms with Gasteiger partial charge in [0.05, 0.1) is 31.2 Å². The van der Waals surface area contributed by atoms with Crippen molar-refractivity contribution in [2.45, 2.75) is 64.5 Å². The van der Waals surface area contributed by atoms with E-state index in [1.807, 2.05) is 81.4 Å². The fourth-order valence-corrected chi connectivity index (χ4v) is 6.25. The van der Waals surface area contributed by atoms with Gasteiger partial charge in [-0.2, -0.15) is 13.2 Å². The van der Waals surface area contributed by atoms with Crippen molar-refractivity contribution < 1.29 is 42.4 Å². The second-order valence-electron chi connectivity index (χ2n) is 13.6. The molecule has 3 unspecified atom stereocenters. The van der Waals surface area contributed by atoms with Crippen LogP contribution in [-0.2, 0) is 17.3 Å². The first-order valence-electron chi connectivity index (χ1n) is 19.6. The number of hydrogen-bond donors (Lipinski definition) is 5. The molecule has 7 N–H and O–H groups in total. The molecule has 2 aliphatic heterocycles. The zero-order valence-electron chi connectivity index (χ0n) is 33.3. The van der Waals surface area contributed by atoms with Crippen molar-refractivity contribution in [3.63, 3.8) is 0 Å². The van der Waals surface area contributed by atoms with Gasteiger partial charge in [-0.1, -0.05) is 26.0 Å². The third kappa shape index (κ3) is 14.1. The number of anilines is 2. The summed E-state index contributed by atoms with van der Waals surface area (Å²) >= 11 is 0. The molecule has 0 aliphatic carbocycles. The number of halogens is 3. The van der Waals surface area contributed by atoms with Crippen LogP contribution in [0.25, 0.3) is 0 Å². The summed E-state index contributed by atoms with van der Waals surface area (Å²) < 4.78 is 53.0. The van der Waals surface area contributed by atoms with Crippen molar-refractivity contribution >= 4 is 17.4 Å². The van der Waals surface area contributed by atoms with Crippen LogP contribution in [0, 0.1) is 6.92 Å². The lowest BCUT2D eigenvalue weighted by atomic mass is 10.0. The van der Waals surface area contributed by atoms with E-state index < -0.39 is 24.1 Å². The number of aliphatic hydroxyl groups excluding tert-OH is 2. The molecule has 0 bridgehead atoms. The van der Waals surface area contributed by atoms with Crippen molar-refractivity contribution in [3.05, 3.63) is 102 Å². The highest BCUT2D eigenvalue weighted by molar-refractivity contribution is 5.94.